The Morgan fingerprint density at radius 3 is 0.764 bits per heavy atom. The monoisotopic (exact) mass is 1310 g/mol. The Bertz CT molecular complexity index is 1750. The van der Waals surface area contributed by atoms with E-state index in [1.54, 1.807) is 0 Å². The lowest BCUT2D eigenvalue weighted by molar-refractivity contribution is -0.161. The summed E-state index contributed by atoms with van der Waals surface area (Å²) in [5.74, 6) is 0.0222. The zero-order valence-corrected chi connectivity index (χ0v) is 59.7. The van der Waals surface area contributed by atoms with Crippen molar-refractivity contribution in [3.63, 3.8) is 0 Å². The first-order valence-electron chi connectivity index (χ1n) is 36.3. The molecule has 19 heteroatoms. The van der Waals surface area contributed by atoms with Crippen molar-refractivity contribution in [2.45, 2.75) is 369 Å². The van der Waals surface area contributed by atoms with Gasteiger partial charge in [0.1, 0.15) is 19.3 Å². The SMILES string of the molecule is CCCCCCCCCCCCCCCCCC(=O)OC[C@H](COP(=O)(O)OC[C@@H](O)COP(=O)(O)OC[C@@H](COC(=O)CCCCCCCCC(C)C)OC(=O)CCCCCCCCCC(C)C)OC(=O)CCCCCCCCCCCCCCC(C)C. The Labute approximate surface area is 543 Å². The number of rotatable bonds is 68. The first kappa shape index (κ1) is 87.1. The number of aliphatic hydroxyl groups excluding tert-OH is 1. The highest BCUT2D eigenvalue weighted by atomic mass is 31.2. The second kappa shape index (κ2) is 61.0. The minimum atomic E-state index is -4.95. The molecule has 0 saturated heterocycles. The summed E-state index contributed by atoms with van der Waals surface area (Å²) < 4.78 is 68.2. The van der Waals surface area contributed by atoms with Crippen molar-refractivity contribution in [3.05, 3.63) is 0 Å². The molecule has 0 aromatic rings. The maximum absolute atomic E-state index is 13.0. The summed E-state index contributed by atoms with van der Waals surface area (Å²) in [4.78, 5) is 72.5. The van der Waals surface area contributed by atoms with Crippen molar-refractivity contribution < 1.29 is 80.2 Å². The second-order valence-corrected chi connectivity index (χ2v) is 29.6. The van der Waals surface area contributed by atoms with Gasteiger partial charge in [-0.1, -0.05) is 299 Å². The van der Waals surface area contributed by atoms with Gasteiger partial charge in [0, 0.05) is 25.7 Å². The summed E-state index contributed by atoms with van der Waals surface area (Å²) in [5, 5.41) is 10.6. The molecular formula is C70H136O17P2. The van der Waals surface area contributed by atoms with E-state index >= 15 is 0 Å². The molecule has 0 aromatic heterocycles. The van der Waals surface area contributed by atoms with Crippen LogP contribution in [0.25, 0.3) is 0 Å². The van der Waals surface area contributed by atoms with Crippen LogP contribution in [-0.4, -0.2) is 96.7 Å². The number of esters is 4. The van der Waals surface area contributed by atoms with Crippen LogP contribution < -0.4 is 0 Å². The van der Waals surface area contributed by atoms with Crippen molar-refractivity contribution in [3.8, 4) is 0 Å². The number of aliphatic hydroxyl groups is 1. The highest BCUT2D eigenvalue weighted by Crippen LogP contribution is 2.45. The maximum Gasteiger partial charge on any atom is 0.472 e. The molecule has 0 heterocycles. The number of phosphoric acid groups is 2. The van der Waals surface area contributed by atoms with Crippen molar-refractivity contribution >= 4 is 39.5 Å². The summed E-state index contributed by atoms with van der Waals surface area (Å²) >= 11 is 0. The number of phosphoric ester groups is 2. The summed E-state index contributed by atoms with van der Waals surface area (Å²) in [5.41, 5.74) is 0. The molecule has 528 valence electrons. The Hall–Kier alpha value is -1.94. The van der Waals surface area contributed by atoms with Gasteiger partial charge >= 0.3 is 39.5 Å². The van der Waals surface area contributed by atoms with Gasteiger partial charge in [0.2, 0.25) is 0 Å². The van der Waals surface area contributed by atoms with Crippen molar-refractivity contribution in [1.82, 2.24) is 0 Å². The average molecular weight is 1310 g/mol. The largest absolute Gasteiger partial charge is 0.472 e. The van der Waals surface area contributed by atoms with Crippen LogP contribution in [0.1, 0.15) is 350 Å². The first-order valence-corrected chi connectivity index (χ1v) is 39.3. The third-order valence-corrected chi connectivity index (χ3v) is 18.0. The minimum absolute atomic E-state index is 0.102. The number of carbonyl (C=O) groups is 4. The van der Waals surface area contributed by atoms with Gasteiger partial charge in [0.15, 0.2) is 12.2 Å². The fourth-order valence-corrected chi connectivity index (χ4v) is 12.1. The molecule has 0 rings (SSSR count). The van der Waals surface area contributed by atoms with E-state index in [4.69, 9.17) is 37.0 Å². The second-order valence-electron chi connectivity index (χ2n) is 26.7. The van der Waals surface area contributed by atoms with E-state index in [1.165, 1.54) is 154 Å². The van der Waals surface area contributed by atoms with Crippen molar-refractivity contribution in [2.24, 2.45) is 17.8 Å². The van der Waals surface area contributed by atoms with Crippen LogP contribution in [0.5, 0.6) is 0 Å². The third kappa shape index (κ3) is 64.6. The highest BCUT2D eigenvalue weighted by Gasteiger charge is 2.30. The molecule has 3 N–H and O–H groups in total. The van der Waals surface area contributed by atoms with Crippen molar-refractivity contribution in [1.29, 1.82) is 0 Å². The Morgan fingerprint density at radius 2 is 0.517 bits per heavy atom. The number of unbranched alkanes of at least 4 members (excludes halogenated alkanes) is 36. The fourth-order valence-electron chi connectivity index (χ4n) is 10.5. The summed E-state index contributed by atoms with van der Waals surface area (Å²) in [6, 6.07) is 0. The lowest BCUT2D eigenvalue weighted by Gasteiger charge is -2.21. The van der Waals surface area contributed by atoms with E-state index in [0.29, 0.717) is 37.5 Å². The first-order chi connectivity index (χ1) is 42.7. The van der Waals surface area contributed by atoms with E-state index in [-0.39, 0.29) is 25.7 Å². The van der Waals surface area contributed by atoms with Crippen LogP contribution in [0.3, 0.4) is 0 Å². The number of hydrogen-bond donors (Lipinski definition) is 3. The van der Waals surface area contributed by atoms with Gasteiger partial charge < -0.3 is 33.8 Å². The molecule has 0 aliphatic carbocycles. The molecule has 17 nitrogen and oxygen atoms in total. The number of carbonyl (C=O) groups excluding carboxylic acids is 4. The molecule has 0 bridgehead atoms. The Kier molecular flexibility index (Phi) is 59.6. The van der Waals surface area contributed by atoms with Gasteiger partial charge in [-0.2, -0.15) is 0 Å². The van der Waals surface area contributed by atoms with Gasteiger partial charge in [0.25, 0.3) is 0 Å². The van der Waals surface area contributed by atoms with Gasteiger partial charge in [-0.15, -0.1) is 0 Å². The summed E-state index contributed by atoms with van der Waals surface area (Å²) in [7, 11) is -9.90. The van der Waals surface area contributed by atoms with E-state index in [0.717, 1.165) is 102 Å². The van der Waals surface area contributed by atoms with Crippen LogP contribution in [0.15, 0.2) is 0 Å². The molecule has 0 amide bonds. The smallest absolute Gasteiger partial charge is 0.462 e. The molecule has 2 unspecified atom stereocenters. The van der Waals surface area contributed by atoms with E-state index < -0.39 is 97.5 Å². The number of hydrogen-bond acceptors (Lipinski definition) is 15. The molecule has 0 spiro atoms. The zero-order chi connectivity index (χ0) is 65.9. The van der Waals surface area contributed by atoms with E-state index in [2.05, 4.69) is 48.5 Å². The molecule has 5 atom stereocenters. The van der Waals surface area contributed by atoms with Crippen LogP contribution in [0.2, 0.25) is 0 Å². The molecular weight excluding hydrogens is 1170 g/mol. The number of ether oxygens (including phenoxy) is 4. The van der Waals surface area contributed by atoms with Gasteiger partial charge in [-0.3, -0.25) is 37.3 Å². The van der Waals surface area contributed by atoms with E-state index in [9.17, 15) is 43.2 Å². The molecule has 0 aromatic carbocycles. The Balaban J connectivity index is 5.23. The zero-order valence-electron chi connectivity index (χ0n) is 57.9. The average Bonchev–Trinajstić information content (AvgIpc) is 3.59. The lowest BCUT2D eigenvalue weighted by Crippen LogP contribution is -2.30. The molecule has 0 saturated carbocycles. The summed E-state index contributed by atoms with van der Waals surface area (Å²) in [6.45, 7) is 11.7. The van der Waals surface area contributed by atoms with Crippen LogP contribution in [-0.2, 0) is 65.4 Å². The van der Waals surface area contributed by atoms with E-state index in [1.807, 2.05) is 0 Å². The van der Waals surface area contributed by atoms with Crippen LogP contribution in [0.4, 0.5) is 0 Å². The van der Waals surface area contributed by atoms with Gasteiger partial charge in [0.05, 0.1) is 26.4 Å². The molecule has 0 aliphatic rings. The molecule has 0 fully saturated rings. The summed E-state index contributed by atoms with van der Waals surface area (Å²) in [6.07, 6.45) is 44.7. The van der Waals surface area contributed by atoms with Crippen LogP contribution >= 0.6 is 15.6 Å². The normalized spacial score (nSPS) is 14.2. The topological polar surface area (TPSA) is 237 Å². The molecule has 89 heavy (non-hydrogen) atoms. The lowest BCUT2D eigenvalue weighted by atomic mass is 10.0. The fraction of sp³-hybridized carbons (Fsp3) is 0.943. The standard InChI is InChI=1S/C70H136O17P2/c1-8-9-10-11-12-13-14-15-16-17-21-24-29-37-44-51-67(72)80-57-65(86-69(74)53-46-39-30-25-22-19-18-20-23-27-34-41-48-61(2)3)59-84-88(76,77)82-55-64(71)56-83-89(78,79)85-60-66(58-81-68(73)52-45-38-33-32-36-43-50-63(6)7)87-70(75)54-47-40-31-26-28-35-42-49-62(4)5/h61-66,71H,8-60H2,1-7H3,(H,76,77)(H,78,79)/t64-,65-,66-/m1/s1. The van der Waals surface area contributed by atoms with Gasteiger partial charge in [-0.05, 0) is 43.4 Å². The maximum atomic E-state index is 13.0. The molecule has 0 aliphatic heterocycles. The quantitative estimate of drug-likeness (QED) is 0.0222. The predicted molar refractivity (Wildman–Crippen MR) is 358 cm³/mol. The van der Waals surface area contributed by atoms with Crippen molar-refractivity contribution in [2.75, 3.05) is 39.6 Å². The van der Waals surface area contributed by atoms with Crippen LogP contribution in [0, 0.1) is 17.8 Å². The predicted octanol–water partition coefficient (Wildman–Crippen LogP) is 19.8. The molecule has 0 radical (unpaired) electrons. The van der Waals surface area contributed by atoms with Gasteiger partial charge in [-0.25, -0.2) is 9.13 Å². The highest BCUT2D eigenvalue weighted by molar-refractivity contribution is 7.47. The minimum Gasteiger partial charge on any atom is -0.462 e. The third-order valence-electron chi connectivity index (χ3n) is 16.1. The Morgan fingerprint density at radius 1 is 0.303 bits per heavy atom.